The quantitative estimate of drug-likeness (QED) is 0.591. The molecule has 21 heavy (non-hydrogen) atoms. The van der Waals surface area contributed by atoms with Gasteiger partial charge in [-0.2, -0.15) is 0 Å². The van der Waals surface area contributed by atoms with Crippen LogP contribution in [0.4, 0.5) is 25.0 Å². The third-order valence-corrected chi connectivity index (χ3v) is 2.65. The summed E-state index contributed by atoms with van der Waals surface area (Å²) < 4.78 is 26.0. The van der Waals surface area contributed by atoms with E-state index in [-0.39, 0.29) is 16.0 Å². The third-order valence-electron chi connectivity index (χ3n) is 2.26. The first kappa shape index (κ1) is 15.3. The van der Waals surface area contributed by atoms with Gasteiger partial charge < -0.3 is 5.32 Å². The van der Waals surface area contributed by atoms with Crippen molar-refractivity contribution in [2.45, 2.75) is 0 Å². The lowest BCUT2D eigenvalue weighted by atomic mass is 10.3. The first-order valence-corrected chi connectivity index (χ1v) is 6.31. The number of carbonyl (C=O) groups excluding carboxylic acids is 1. The molecule has 2 rings (SSSR count). The number of hydrogen-bond acceptors (Lipinski definition) is 3. The Labute approximate surface area is 128 Å². The average Bonchev–Trinajstić information content (AvgIpc) is 2.36. The van der Waals surface area contributed by atoms with Crippen LogP contribution in [0.5, 0.6) is 0 Å². The van der Waals surface area contributed by atoms with Gasteiger partial charge in [0.25, 0.3) is 0 Å². The Bertz CT molecular complexity index is 664. The van der Waals surface area contributed by atoms with Crippen LogP contribution in [0.1, 0.15) is 0 Å². The highest BCUT2D eigenvalue weighted by Crippen LogP contribution is 2.18. The number of benzene rings is 1. The number of rotatable bonds is 3. The zero-order chi connectivity index (χ0) is 15.4. The van der Waals surface area contributed by atoms with Crippen LogP contribution >= 0.6 is 23.2 Å². The molecular formula is C12H8Cl2F2N4O. The summed E-state index contributed by atoms with van der Waals surface area (Å²) in [5, 5.41) is 2.62. The summed E-state index contributed by atoms with van der Waals surface area (Å²) in [5.74, 6) is -1.56. The molecule has 9 heteroatoms. The van der Waals surface area contributed by atoms with Crippen LogP contribution in [-0.2, 0) is 0 Å². The summed E-state index contributed by atoms with van der Waals surface area (Å²) in [7, 11) is 0. The van der Waals surface area contributed by atoms with E-state index in [9.17, 15) is 13.6 Å². The summed E-state index contributed by atoms with van der Waals surface area (Å²) in [5.41, 5.74) is 4.70. The smallest absolute Gasteiger partial charge is 0.306 e. The number of nitrogens with one attached hydrogen (secondary N) is 3. The number of pyridine rings is 1. The number of urea groups is 1. The van der Waals surface area contributed by atoms with E-state index in [1.165, 1.54) is 12.1 Å². The first-order valence-electron chi connectivity index (χ1n) is 5.55. The van der Waals surface area contributed by atoms with Gasteiger partial charge in [0.05, 0.1) is 5.69 Å². The van der Waals surface area contributed by atoms with Crippen molar-refractivity contribution >= 4 is 40.6 Å². The van der Waals surface area contributed by atoms with Gasteiger partial charge >= 0.3 is 6.03 Å². The Balaban J connectivity index is 1.95. The molecule has 3 N–H and O–H groups in total. The summed E-state index contributed by atoms with van der Waals surface area (Å²) in [6, 6.07) is 4.94. The number of amides is 2. The molecule has 0 aliphatic heterocycles. The normalized spacial score (nSPS) is 10.1. The van der Waals surface area contributed by atoms with Crippen LogP contribution in [0, 0.1) is 11.6 Å². The predicted molar refractivity (Wildman–Crippen MR) is 76.4 cm³/mol. The number of nitrogens with zero attached hydrogens (tertiary/aromatic N) is 1. The zero-order valence-corrected chi connectivity index (χ0v) is 11.8. The Kier molecular flexibility index (Phi) is 4.77. The minimum Gasteiger partial charge on any atom is -0.306 e. The molecule has 1 aromatic carbocycles. The van der Waals surface area contributed by atoms with Gasteiger partial charge in [0.15, 0.2) is 5.82 Å². The second-order valence-corrected chi connectivity index (χ2v) is 4.60. The number of hydrazine groups is 1. The third kappa shape index (κ3) is 4.44. The highest BCUT2D eigenvalue weighted by Gasteiger charge is 2.07. The fourth-order valence-electron chi connectivity index (χ4n) is 1.41. The molecular weight excluding hydrogens is 325 g/mol. The molecule has 0 atom stereocenters. The molecule has 0 bridgehead atoms. The van der Waals surface area contributed by atoms with Crippen LogP contribution < -0.4 is 16.2 Å². The number of carbonyl (C=O) groups is 1. The molecule has 2 amide bonds. The highest BCUT2D eigenvalue weighted by atomic mass is 35.5. The van der Waals surface area contributed by atoms with Crippen molar-refractivity contribution < 1.29 is 13.6 Å². The van der Waals surface area contributed by atoms with Gasteiger partial charge in [0.1, 0.15) is 16.1 Å². The van der Waals surface area contributed by atoms with Crippen LogP contribution in [-0.4, -0.2) is 11.0 Å². The summed E-state index contributed by atoms with van der Waals surface area (Å²) >= 11 is 11.3. The SMILES string of the molecule is O=C(NNc1ccc(F)cc1F)Nc1cc(Cl)nc(Cl)c1. The number of hydrogen-bond donors (Lipinski definition) is 3. The lowest BCUT2D eigenvalue weighted by molar-refractivity contribution is 0.254. The molecule has 110 valence electrons. The van der Waals surface area contributed by atoms with Gasteiger partial charge in [0.2, 0.25) is 0 Å². The van der Waals surface area contributed by atoms with Gasteiger partial charge in [-0.05, 0) is 24.3 Å². The Morgan fingerprint density at radius 3 is 2.38 bits per heavy atom. The number of anilines is 2. The van der Waals surface area contributed by atoms with E-state index >= 15 is 0 Å². The lowest BCUT2D eigenvalue weighted by Crippen LogP contribution is -2.33. The van der Waals surface area contributed by atoms with Gasteiger partial charge in [0, 0.05) is 11.8 Å². The van der Waals surface area contributed by atoms with E-state index in [4.69, 9.17) is 23.2 Å². The largest absolute Gasteiger partial charge is 0.337 e. The lowest BCUT2D eigenvalue weighted by Gasteiger charge is -2.10. The monoisotopic (exact) mass is 332 g/mol. The molecule has 0 aliphatic carbocycles. The Morgan fingerprint density at radius 1 is 1.10 bits per heavy atom. The van der Waals surface area contributed by atoms with Crippen molar-refractivity contribution in [2.24, 2.45) is 0 Å². The average molecular weight is 333 g/mol. The maximum absolute atomic E-state index is 13.3. The van der Waals surface area contributed by atoms with E-state index in [1.807, 2.05) is 0 Å². The van der Waals surface area contributed by atoms with E-state index < -0.39 is 17.7 Å². The molecule has 2 aromatic rings. The first-order chi connectivity index (χ1) is 9.94. The molecule has 0 spiro atoms. The molecule has 0 saturated heterocycles. The molecule has 0 aliphatic rings. The van der Waals surface area contributed by atoms with E-state index in [2.05, 4.69) is 21.2 Å². The van der Waals surface area contributed by atoms with Crippen molar-refractivity contribution in [1.29, 1.82) is 0 Å². The van der Waals surface area contributed by atoms with Crippen LogP contribution in [0.2, 0.25) is 10.3 Å². The second-order valence-electron chi connectivity index (χ2n) is 3.83. The minimum absolute atomic E-state index is 0.0858. The number of halogens is 4. The fraction of sp³-hybridized carbons (Fsp3) is 0. The zero-order valence-electron chi connectivity index (χ0n) is 10.3. The molecule has 0 saturated carbocycles. The second kappa shape index (κ2) is 6.55. The number of aromatic nitrogens is 1. The van der Waals surface area contributed by atoms with E-state index in [0.29, 0.717) is 11.8 Å². The van der Waals surface area contributed by atoms with E-state index in [0.717, 1.165) is 12.1 Å². The maximum atomic E-state index is 13.3. The topological polar surface area (TPSA) is 66.1 Å². The van der Waals surface area contributed by atoms with Crippen molar-refractivity contribution in [2.75, 3.05) is 10.7 Å². The predicted octanol–water partition coefficient (Wildman–Crippen LogP) is 3.82. The van der Waals surface area contributed by atoms with Gasteiger partial charge in [-0.1, -0.05) is 23.2 Å². The summed E-state index contributed by atoms with van der Waals surface area (Å²) in [6.45, 7) is 0. The van der Waals surface area contributed by atoms with Crippen molar-refractivity contribution in [1.82, 2.24) is 10.4 Å². The van der Waals surface area contributed by atoms with E-state index in [1.54, 1.807) is 0 Å². The molecule has 0 unspecified atom stereocenters. The molecule has 1 aromatic heterocycles. The minimum atomic E-state index is -0.842. The van der Waals surface area contributed by atoms with Gasteiger partial charge in [-0.3, -0.25) is 10.9 Å². The molecule has 0 fully saturated rings. The standard InChI is InChI=1S/C12H8Cl2F2N4O/c13-10-4-7(5-11(14)18-10)17-12(21)20-19-9-2-1-6(15)3-8(9)16/h1-5,19H,(H2,17,18,20,21). The van der Waals surface area contributed by atoms with Crippen molar-refractivity contribution in [3.8, 4) is 0 Å². The van der Waals surface area contributed by atoms with Crippen molar-refractivity contribution in [3.63, 3.8) is 0 Å². The molecule has 5 nitrogen and oxygen atoms in total. The molecule has 1 heterocycles. The van der Waals surface area contributed by atoms with Crippen LogP contribution in [0.15, 0.2) is 30.3 Å². The van der Waals surface area contributed by atoms with Crippen LogP contribution in [0.3, 0.4) is 0 Å². The summed E-state index contributed by atoms with van der Waals surface area (Å²) in [4.78, 5) is 15.3. The van der Waals surface area contributed by atoms with Gasteiger partial charge in [-0.15, -0.1) is 0 Å². The highest BCUT2D eigenvalue weighted by molar-refractivity contribution is 6.32. The summed E-state index contributed by atoms with van der Waals surface area (Å²) in [6.07, 6.45) is 0. The van der Waals surface area contributed by atoms with Crippen LogP contribution in [0.25, 0.3) is 0 Å². The van der Waals surface area contributed by atoms with Crippen molar-refractivity contribution in [3.05, 3.63) is 52.3 Å². The van der Waals surface area contributed by atoms with Gasteiger partial charge in [-0.25, -0.2) is 18.6 Å². The Hall–Kier alpha value is -2.12. The fourth-order valence-corrected chi connectivity index (χ4v) is 1.87. The maximum Gasteiger partial charge on any atom is 0.337 e. The Morgan fingerprint density at radius 2 is 1.76 bits per heavy atom. The molecule has 0 radical (unpaired) electrons.